The van der Waals surface area contributed by atoms with Crippen LogP contribution < -0.4 is 10.2 Å². The molecule has 0 radical (unpaired) electrons. The van der Waals surface area contributed by atoms with E-state index in [1.54, 1.807) is 11.0 Å². The van der Waals surface area contributed by atoms with Gasteiger partial charge in [0, 0.05) is 38.0 Å². The van der Waals surface area contributed by atoms with Gasteiger partial charge in [-0.15, -0.1) is 5.10 Å². The van der Waals surface area contributed by atoms with Gasteiger partial charge in [-0.25, -0.2) is 4.68 Å². The smallest absolute Gasteiger partial charge is 0.246 e. The summed E-state index contributed by atoms with van der Waals surface area (Å²) in [6, 6.07) is 17.6. The lowest BCUT2D eigenvalue weighted by Crippen LogP contribution is -2.55. The Morgan fingerprint density at radius 2 is 1.79 bits per heavy atom. The Balaban J connectivity index is 0.00000240. The molecule has 1 aliphatic heterocycles. The van der Waals surface area contributed by atoms with Crippen molar-refractivity contribution in [3.05, 3.63) is 60.4 Å². The fourth-order valence-electron chi connectivity index (χ4n) is 3.81. The topological polar surface area (TPSA) is 49.2 Å². The number of para-hydroxylation sites is 1. The maximum atomic E-state index is 4.56. The van der Waals surface area contributed by atoms with Crippen molar-refractivity contribution in [2.75, 3.05) is 30.4 Å². The molecule has 0 saturated carbocycles. The van der Waals surface area contributed by atoms with Crippen LogP contribution in [0.2, 0.25) is 0 Å². The van der Waals surface area contributed by atoms with E-state index in [-0.39, 0.29) is 1.43 Å². The molecule has 0 spiro atoms. The Kier molecular flexibility index (Phi) is 5.05. The Morgan fingerprint density at radius 1 is 1.00 bits per heavy atom. The van der Waals surface area contributed by atoms with Crippen LogP contribution in [-0.4, -0.2) is 51.9 Å². The normalized spacial score (nSPS) is 20.4. The number of hydrogen-bond donors (Lipinski definition) is 1. The highest BCUT2D eigenvalue weighted by Crippen LogP contribution is 2.28. The van der Waals surface area contributed by atoms with Crippen molar-refractivity contribution >= 4 is 17.3 Å². The molecule has 2 aromatic carbocycles. The van der Waals surface area contributed by atoms with E-state index in [0.29, 0.717) is 18.0 Å². The van der Waals surface area contributed by atoms with Gasteiger partial charge in [0.05, 0.1) is 5.69 Å². The van der Waals surface area contributed by atoms with Crippen molar-refractivity contribution in [1.82, 2.24) is 19.7 Å². The summed E-state index contributed by atoms with van der Waals surface area (Å²) in [6.07, 6.45) is 1.73. The molecule has 0 amide bonds. The van der Waals surface area contributed by atoms with Gasteiger partial charge in [0.25, 0.3) is 0 Å². The molecule has 0 bridgehead atoms. The molecule has 4 rings (SSSR count). The monoisotopic (exact) mass is 378 g/mol. The van der Waals surface area contributed by atoms with E-state index in [1.807, 2.05) is 30.3 Å². The molecule has 1 aromatic heterocycles. The summed E-state index contributed by atoms with van der Waals surface area (Å²) in [7, 11) is 2.20. The molecule has 2 heterocycles. The summed E-state index contributed by atoms with van der Waals surface area (Å²) in [5, 5.41) is 7.93. The van der Waals surface area contributed by atoms with Crippen molar-refractivity contribution < 1.29 is 1.43 Å². The summed E-state index contributed by atoms with van der Waals surface area (Å²) < 4.78 is 1.78. The van der Waals surface area contributed by atoms with Crippen LogP contribution in [0.4, 0.5) is 17.3 Å². The highest BCUT2D eigenvalue weighted by molar-refractivity contribution is 5.64. The van der Waals surface area contributed by atoms with Crippen LogP contribution in [0.5, 0.6) is 0 Å². The van der Waals surface area contributed by atoms with E-state index in [4.69, 9.17) is 0 Å². The average molecular weight is 379 g/mol. The minimum Gasteiger partial charge on any atom is -0.366 e. The van der Waals surface area contributed by atoms with Gasteiger partial charge in [0.1, 0.15) is 6.33 Å². The summed E-state index contributed by atoms with van der Waals surface area (Å²) in [4.78, 5) is 9.34. The van der Waals surface area contributed by atoms with E-state index >= 15 is 0 Å². The minimum absolute atomic E-state index is 0. The number of rotatable bonds is 4. The van der Waals surface area contributed by atoms with E-state index in [0.717, 1.165) is 24.5 Å². The molecule has 3 aromatic rings. The molecule has 1 fully saturated rings. The van der Waals surface area contributed by atoms with Gasteiger partial charge in [-0.2, -0.15) is 4.98 Å². The molecule has 1 N–H and O–H groups in total. The van der Waals surface area contributed by atoms with Gasteiger partial charge in [-0.3, -0.25) is 4.90 Å². The fourth-order valence-corrected chi connectivity index (χ4v) is 3.81. The van der Waals surface area contributed by atoms with Crippen molar-refractivity contribution in [2.24, 2.45) is 0 Å². The number of anilines is 3. The zero-order valence-electron chi connectivity index (χ0n) is 17.0. The number of piperazine rings is 1. The number of aromatic nitrogens is 3. The second-order valence-electron chi connectivity index (χ2n) is 7.82. The maximum absolute atomic E-state index is 4.56. The third kappa shape index (κ3) is 3.87. The lowest BCUT2D eigenvalue weighted by molar-refractivity contribution is 0.206. The number of likely N-dealkylation sites (N-methyl/N-ethyl adjacent to an activating group) is 1. The fraction of sp³-hybridized carbons (Fsp3) is 0.364. The Bertz CT molecular complexity index is 941. The first-order chi connectivity index (χ1) is 13.5. The largest absolute Gasteiger partial charge is 0.366 e. The Labute approximate surface area is 168 Å². The highest BCUT2D eigenvalue weighted by atomic mass is 15.4. The van der Waals surface area contributed by atoms with Crippen molar-refractivity contribution in [3.8, 4) is 5.69 Å². The molecular weight excluding hydrogens is 348 g/mol. The number of benzene rings is 2. The van der Waals surface area contributed by atoms with Gasteiger partial charge in [0.2, 0.25) is 5.95 Å². The third-order valence-electron chi connectivity index (χ3n) is 5.46. The summed E-state index contributed by atoms with van der Waals surface area (Å²) in [5.74, 6) is 0.597. The van der Waals surface area contributed by atoms with Gasteiger partial charge in [-0.1, -0.05) is 18.2 Å². The zero-order valence-corrected chi connectivity index (χ0v) is 17.0. The van der Waals surface area contributed by atoms with Crippen molar-refractivity contribution in [3.63, 3.8) is 0 Å². The molecule has 148 valence electrons. The minimum atomic E-state index is 0. The maximum Gasteiger partial charge on any atom is 0.246 e. The molecule has 1 aliphatic rings. The summed E-state index contributed by atoms with van der Waals surface area (Å²) >= 11 is 0. The molecule has 28 heavy (non-hydrogen) atoms. The second kappa shape index (κ2) is 7.64. The highest BCUT2D eigenvalue weighted by Gasteiger charge is 2.27. The van der Waals surface area contributed by atoms with E-state index in [9.17, 15) is 0 Å². The van der Waals surface area contributed by atoms with Gasteiger partial charge >= 0.3 is 0 Å². The van der Waals surface area contributed by atoms with E-state index < -0.39 is 0 Å². The van der Waals surface area contributed by atoms with Gasteiger partial charge in [-0.05, 0) is 63.7 Å². The zero-order chi connectivity index (χ0) is 19.7. The lowest BCUT2D eigenvalue weighted by atomic mass is 10.1. The number of nitrogens with one attached hydrogen (secondary N) is 1. The van der Waals surface area contributed by atoms with Crippen LogP contribution in [0.25, 0.3) is 5.69 Å². The van der Waals surface area contributed by atoms with Crippen LogP contribution in [0.3, 0.4) is 0 Å². The first-order valence-corrected chi connectivity index (χ1v) is 9.82. The van der Waals surface area contributed by atoms with E-state index in [2.05, 4.69) is 71.2 Å². The molecule has 2 atom stereocenters. The van der Waals surface area contributed by atoms with Gasteiger partial charge in [0.15, 0.2) is 0 Å². The number of nitrogens with zero attached hydrogens (tertiary/aromatic N) is 5. The number of hydrogen-bond acceptors (Lipinski definition) is 5. The first kappa shape index (κ1) is 18.5. The number of aryl methyl sites for hydroxylation is 1. The molecule has 6 nitrogen and oxygen atoms in total. The standard InChI is InChI=1S/C22H28N6.H2/c1-16-10-19(12-21(11-16)27-14-17(2)26(4)13-18(27)3)24-22-23-15-28(25-22)20-8-6-5-7-9-20;/h5-12,15,17-18H,13-14H2,1-4H3,(H,24,25);1H. The predicted octanol–water partition coefficient (Wildman–Crippen LogP) is 4.09. The van der Waals surface area contributed by atoms with Gasteiger partial charge < -0.3 is 10.2 Å². The van der Waals surface area contributed by atoms with Crippen LogP contribution in [0.15, 0.2) is 54.9 Å². The van der Waals surface area contributed by atoms with E-state index in [1.165, 1.54) is 11.3 Å². The Hall–Kier alpha value is -2.86. The van der Waals surface area contributed by atoms with Crippen LogP contribution in [0.1, 0.15) is 20.8 Å². The second-order valence-corrected chi connectivity index (χ2v) is 7.82. The molecule has 6 heteroatoms. The molecule has 1 saturated heterocycles. The molecular formula is C22H30N6. The van der Waals surface area contributed by atoms with Crippen LogP contribution in [-0.2, 0) is 0 Å². The third-order valence-corrected chi connectivity index (χ3v) is 5.46. The predicted molar refractivity (Wildman–Crippen MR) is 117 cm³/mol. The average Bonchev–Trinajstić information content (AvgIpc) is 3.13. The Morgan fingerprint density at radius 3 is 2.57 bits per heavy atom. The SMILES string of the molecule is Cc1cc(Nc2ncn(-c3ccccc3)n2)cc(N2CC(C)N(C)CC2C)c1.[HH]. The summed E-state index contributed by atoms with van der Waals surface area (Å²) in [5.41, 5.74) is 4.48. The van der Waals surface area contributed by atoms with Crippen molar-refractivity contribution in [2.45, 2.75) is 32.9 Å². The first-order valence-electron chi connectivity index (χ1n) is 9.82. The van der Waals surface area contributed by atoms with Crippen molar-refractivity contribution in [1.29, 1.82) is 0 Å². The van der Waals surface area contributed by atoms with Crippen LogP contribution in [0, 0.1) is 6.92 Å². The molecule has 0 aliphatic carbocycles. The summed E-state index contributed by atoms with van der Waals surface area (Å²) in [6.45, 7) is 8.81. The quantitative estimate of drug-likeness (QED) is 0.741. The van der Waals surface area contributed by atoms with Crippen LogP contribution >= 0.6 is 0 Å². The lowest BCUT2D eigenvalue weighted by Gasteiger charge is -2.44. The molecule has 2 unspecified atom stereocenters.